The third-order valence-corrected chi connectivity index (χ3v) is 4.21. The molecule has 1 fully saturated rings. The van der Waals surface area contributed by atoms with Gasteiger partial charge in [-0.25, -0.2) is 0 Å². The van der Waals surface area contributed by atoms with Gasteiger partial charge in [-0.2, -0.15) is 0 Å². The maximum Gasteiger partial charge on any atom is 0.0703 e. The summed E-state index contributed by atoms with van der Waals surface area (Å²) in [6, 6.07) is 3.99. The van der Waals surface area contributed by atoms with Crippen LogP contribution in [-0.2, 0) is 6.42 Å². The number of rotatable bonds is 2. The van der Waals surface area contributed by atoms with Crippen molar-refractivity contribution >= 4 is 15.9 Å². The fraction of sp³-hybridized carbons (Fsp3) is 0.643. The first-order valence-electron chi connectivity index (χ1n) is 6.40. The van der Waals surface area contributed by atoms with Crippen molar-refractivity contribution < 1.29 is 5.11 Å². The van der Waals surface area contributed by atoms with Crippen LogP contribution in [-0.4, -0.2) is 15.7 Å². The molecule has 1 aromatic rings. The van der Waals surface area contributed by atoms with Gasteiger partial charge < -0.3 is 5.11 Å². The Balaban J connectivity index is 2.03. The monoisotopic (exact) mass is 297 g/mol. The van der Waals surface area contributed by atoms with Crippen LogP contribution < -0.4 is 0 Å². The van der Waals surface area contributed by atoms with Crippen LogP contribution in [0.4, 0.5) is 0 Å². The minimum Gasteiger partial charge on any atom is -0.389 e. The van der Waals surface area contributed by atoms with Gasteiger partial charge in [0.15, 0.2) is 0 Å². The quantitative estimate of drug-likeness (QED) is 0.844. The standard InChI is InChI=1S/C14H20BrNO/c1-11-3-2-7-14(17,8-6-11)9-13-5-4-12(15)10-16-13/h4-5,10-11,17H,2-3,6-9H2,1H3. The molecule has 1 aliphatic carbocycles. The molecule has 17 heavy (non-hydrogen) atoms. The number of halogens is 1. The lowest BCUT2D eigenvalue weighted by Gasteiger charge is -2.26. The Morgan fingerprint density at radius 2 is 2.24 bits per heavy atom. The first kappa shape index (κ1) is 13.0. The van der Waals surface area contributed by atoms with Crippen molar-refractivity contribution in [2.45, 2.75) is 51.0 Å². The molecule has 3 heteroatoms. The van der Waals surface area contributed by atoms with Crippen molar-refractivity contribution in [3.63, 3.8) is 0 Å². The van der Waals surface area contributed by atoms with E-state index in [1.807, 2.05) is 12.1 Å². The molecule has 1 aromatic heterocycles. The van der Waals surface area contributed by atoms with Crippen molar-refractivity contribution in [2.75, 3.05) is 0 Å². The first-order valence-corrected chi connectivity index (χ1v) is 7.19. The van der Waals surface area contributed by atoms with Crippen molar-refractivity contribution in [2.24, 2.45) is 5.92 Å². The Bertz CT molecular complexity index is 365. The molecule has 2 unspecified atom stereocenters. The predicted octanol–water partition coefficient (Wildman–Crippen LogP) is 3.72. The molecule has 1 heterocycles. The van der Waals surface area contributed by atoms with E-state index in [-0.39, 0.29) is 0 Å². The average molecular weight is 298 g/mol. The summed E-state index contributed by atoms with van der Waals surface area (Å²) in [5.74, 6) is 0.752. The summed E-state index contributed by atoms with van der Waals surface area (Å²) in [5.41, 5.74) is 0.455. The Hall–Kier alpha value is -0.410. The van der Waals surface area contributed by atoms with Crippen LogP contribution >= 0.6 is 15.9 Å². The van der Waals surface area contributed by atoms with Gasteiger partial charge in [-0.3, -0.25) is 4.98 Å². The summed E-state index contributed by atoms with van der Waals surface area (Å²) in [6.45, 7) is 2.28. The molecule has 0 spiro atoms. The highest BCUT2D eigenvalue weighted by Gasteiger charge is 2.30. The molecule has 2 atom stereocenters. The zero-order valence-corrected chi connectivity index (χ0v) is 11.9. The Labute approximate surface area is 112 Å². The summed E-state index contributed by atoms with van der Waals surface area (Å²) in [4.78, 5) is 4.36. The Morgan fingerprint density at radius 3 is 2.94 bits per heavy atom. The van der Waals surface area contributed by atoms with Gasteiger partial charge in [0, 0.05) is 22.8 Å². The van der Waals surface area contributed by atoms with Gasteiger partial charge >= 0.3 is 0 Å². The number of hydrogen-bond donors (Lipinski definition) is 1. The van der Waals surface area contributed by atoms with E-state index < -0.39 is 5.60 Å². The van der Waals surface area contributed by atoms with Gasteiger partial charge in [0.25, 0.3) is 0 Å². The van der Waals surface area contributed by atoms with Gasteiger partial charge in [-0.05, 0) is 53.2 Å². The van der Waals surface area contributed by atoms with E-state index in [0.717, 1.165) is 41.8 Å². The summed E-state index contributed by atoms with van der Waals surface area (Å²) in [7, 11) is 0. The third-order valence-electron chi connectivity index (χ3n) is 3.74. The van der Waals surface area contributed by atoms with E-state index in [4.69, 9.17) is 0 Å². The van der Waals surface area contributed by atoms with Gasteiger partial charge in [-0.1, -0.05) is 19.8 Å². The summed E-state index contributed by atoms with van der Waals surface area (Å²) in [6.07, 6.45) is 7.82. The number of nitrogens with zero attached hydrogens (tertiary/aromatic N) is 1. The molecule has 0 radical (unpaired) electrons. The van der Waals surface area contributed by atoms with E-state index in [1.54, 1.807) is 6.20 Å². The van der Waals surface area contributed by atoms with Gasteiger partial charge in [0.1, 0.15) is 0 Å². The van der Waals surface area contributed by atoms with Crippen LogP contribution in [0.15, 0.2) is 22.8 Å². The third kappa shape index (κ3) is 3.78. The number of aromatic nitrogens is 1. The number of hydrogen-bond acceptors (Lipinski definition) is 2. The largest absolute Gasteiger partial charge is 0.389 e. The van der Waals surface area contributed by atoms with Crippen LogP contribution in [0.1, 0.15) is 44.7 Å². The van der Waals surface area contributed by atoms with Crippen LogP contribution in [0.25, 0.3) is 0 Å². The van der Waals surface area contributed by atoms with Crippen LogP contribution in [0.2, 0.25) is 0 Å². The minimum absolute atomic E-state index is 0.536. The molecule has 0 saturated heterocycles. The number of aliphatic hydroxyl groups is 1. The molecule has 0 amide bonds. The van der Waals surface area contributed by atoms with Crippen LogP contribution in [0.3, 0.4) is 0 Å². The normalized spacial score (nSPS) is 29.9. The van der Waals surface area contributed by atoms with Crippen molar-refractivity contribution in [3.05, 3.63) is 28.5 Å². The molecule has 1 aliphatic rings. The second-order valence-electron chi connectivity index (χ2n) is 5.40. The summed E-state index contributed by atoms with van der Waals surface area (Å²) >= 11 is 3.38. The topological polar surface area (TPSA) is 33.1 Å². The van der Waals surface area contributed by atoms with E-state index in [0.29, 0.717) is 6.42 Å². The molecule has 0 aliphatic heterocycles. The second-order valence-corrected chi connectivity index (χ2v) is 6.32. The molecule has 0 bridgehead atoms. The Morgan fingerprint density at radius 1 is 1.41 bits per heavy atom. The lowest BCUT2D eigenvalue weighted by atomic mass is 9.89. The Kier molecular flexibility index (Phi) is 4.21. The predicted molar refractivity (Wildman–Crippen MR) is 72.8 cm³/mol. The molecular weight excluding hydrogens is 278 g/mol. The van der Waals surface area contributed by atoms with Crippen molar-refractivity contribution in [1.82, 2.24) is 4.98 Å². The lowest BCUT2D eigenvalue weighted by molar-refractivity contribution is 0.0235. The van der Waals surface area contributed by atoms with E-state index in [9.17, 15) is 5.11 Å². The molecule has 1 saturated carbocycles. The second kappa shape index (κ2) is 5.49. The van der Waals surface area contributed by atoms with E-state index >= 15 is 0 Å². The molecule has 2 nitrogen and oxygen atoms in total. The van der Waals surface area contributed by atoms with Gasteiger partial charge in [-0.15, -0.1) is 0 Å². The van der Waals surface area contributed by atoms with Gasteiger partial charge in [0.05, 0.1) is 5.60 Å². The van der Waals surface area contributed by atoms with Crippen LogP contribution in [0, 0.1) is 5.92 Å². The molecule has 1 N–H and O–H groups in total. The highest BCUT2D eigenvalue weighted by atomic mass is 79.9. The zero-order valence-electron chi connectivity index (χ0n) is 10.3. The highest BCUT2D eigenvalue weighted by Crippen LogP contribution is 2.32. The maximum absolute atomic E-state index is 10.6. The SMILES string of the molecule is CC1CCCC(O)(Cc2ccc(Br)cn2)CC1. The molecule has 94 valence electrons. The molecular formula is C14H20BrNO. The van der Waals surface area contributed by atoms with E-state index in [2.05, 4.69) is 27.8 Å². The summed E-state index contributed by atoms with van der Waals surface area (Å²) < 4.78 is 0.989. The lowest BCUT2D eigenvalue weighted by Crippen LogP contribution is -2.31. The van der Waals surface area contributed by atoms with Crippen molar-refractivity contribution in [1.29, 1.82) is 0 Å². The average Bonchev–Trinajstić information content (AvgIpc) is 2.45. The highest BCUT2D eigenvalue weighted by molar-refractivity contribution is 9.10. The minimum atomic E-state index is -0.536. The van der Waals surface area contributed by atoms with Gasteiger partial charge in [0.2, 0.25) is 0 Å². The first-order chi connectivity index (χ1) is 8.07. The summed E-state index contributed by atoms with van der Waals surface area (Å²) in [5, 5.41) is 10.6. The number of pyridine rings is 1. The molecule has 0 aromatic carbocycles. The smallest absolute Gasteiger partial charge is 0.0703 e. The maximum atomic E-state index is 10.6. The van der Waals surface area contributed by atoms with Crippen LogP contribution in [0.5, 0.6) is 0 Å². The fourth-order valence-electron chi connectivity index (χ4n) is 2.59. The zero-order chi connectivity index (χ0) is 12.3. The van der Waals surface area contributed by atoms with E-state index in [1.165, 1.54) is 6.42 Å². The van der Waals surface area contributed by atoms with Crippen molar-refractivity contribution in [3.8, 4) is 0 Å². The fourth-order valence-corrected chi connectivity index (χ4v) is 2.82. The molecule has 2 rings (SSSR count).